The molecule has 0 amide bonds. The predicted molar refractivity (Wildman–Crippen MR) is 65.5 cm³/mol. The molecule has 1 aromatic carbocycles. The summed E-state index contributed by atoms with van der Waals surface area (Å²) in [4.78, 5) is 12.1. The molecule has 0 spiro atoms. The van der Waals surface area contributed by atoms with Crippen molar-refractivity contribution in [3.8, 4) is 0 Å². The van der Waals surface area contributed by atoms with E-state index in [9.17, 15) is 4.79 Å². The summed E-state index contributed by atoms with van der Waals surface area (Å²) in [6, 6.07) is 12.9. The van der Waals surface area contributed by atoms with Crippen molar-refractivity contribution < 1.29 is 9.21 Å². The van der Waals surface area contributed by atoms with Crippen LogP contribution in [0.5, 0.6) is 0 Å². The van der Waals surface area contributed by atoms with Gasteiger partial charge in [0.05, 0.1) is 12.8 Å². The van der Waals surface area contributed by atoms with E-state index in [1.165, 1.54) is 10.9 Å². The molecule has 0 atom stereocenters. The summed E-state index contributed by atoms with van der Waals surface area (Å²) in [7, 11) is 0. The van der Waals surface area contributed by atoms with Gasteiger partial charge in [0.1, 0.15) is 0 Å². The van der Waals surface area contributed by atoms with Crippen molar-refractivity contribution in [2.45, 2.75) is 6.54 Å². The van der Waals surface area contributed by atoms with Crippen molar-refractivity contribution in [3.63, 3.8) is 0 Å². The fourth-order valence-corrected chi connectivity index (χ4v) is 1.75. The zero-order chi connectivity index (χ0) is 13.1. The van der Waals surface area contributed by atoms with Crippen molar-refractivity contribution >= 4 is 5.78 Å². The minimum atomic E-state index is -0.328. The van der Waals surface area contributed by atoms with Crippen LogP contribution in [0.1, 0.15) is 21.9 Å². The van der Waals surface area contributed by atoms with Crippen LogP contribution >= 0.6 is 0 Å². The molecule has 3 rings (SSSR count). The van der Waals surface area contributed by atoms with Crippen LogP contribution in [-0.2, 0) is 6.54 Å². The summed E-state index contributed by atoms with van der Waals surface area (Å²) in [6.45, 7) is 0.440. The summed E-state index contributed by atoms with van der Waals surface area (Å²) in [5.41, 5.74) is 1.02. The first-order chi connectivity index (χ1) is 9.34. The van der Waals surface area contributed by atoms with Gasteiger partial charge in [-0.05, 0) is 28.1 Å². The first kappa shape index (κ1) is 11.3. The maximum atomic E-state index is 12.1. The Balaban J connectivity index is 1.89. The summed E-state index contributed by atoms with van der Waals surface area (Å²) in [5.74, 6) is 0.0637. The number of hydrogen-bond donors (Lipinski definition) is 0. The van der Waals surface area contributed by atoms with Crippen molar-refractivity contribution in [2.24, 2.45) is 0 Å². The van der Waals surface area contributed by atoms with E-state index in [0.717, 1.165) is 5.56 Å². The molecular formula is C13H10N4O2. The Kier molecular flexibility index (Phi) is 2.89. The van der Waals surface area contributed by atoms with Crippen LogP contribution in [0.2, 0.25) is 0 Å². The van der Waals surface area contributed by atoms with Crippen molar-refractivity contribution in [2.75, 3.05) is 0 Å². The Morgan fingerprint density at radius 2 is 2.00 bits per heavy atom. The van der Waals surface area contributed by atoms with Gasteiger partial charge in [-0.1, -0.05) is 30.3 Å². The molecule has 0 bridgehead atoms. The van der Waals surface area contributed by atoms with Crippen molar-refractivity contribution in [1.82, 2.24) is 20.2 Å². The van der Waals surface area contributed by atoms with Gasteiger partial charge in [0.15, 0.2) is 5.76 Å². The van der Waals surface area contributed by atoms with Crippen LogP contribution in [0.15, 0.2) is 53.1 Å². The molecule has 19 heavy (non-hydrogen) atoms. The molecule has 2 aromatic heterocycles. The van der Waals surface area contributed by atoms with Crippen LogP contribution in [0.3, 0.4) is 0 Å². The summed E-state index contributed by atoms with van der Waals surface area (Å²) >= 11 is 0. The third kappa shape index (κ3) is 2.28. The summed E-state index contributed by atoms with van der Waals surface area (Å²) < 4.78 is 6.52. The quantitative estimate of drug-likeness (QED) is 0.660. The second-order valence-electron chi connectivity index (χ2n) is 3.95. The maximum absolute atomic E-state index is 12.1. The monoisotopic (exact) mass is 254 g/mol. The van der Waals surface area contributed by atoms with Gasteiger partial charge in [-0.2, -0.15) is 0 Å². The third-order valence-electron chi connectivity index (χ3n) is 2.66. The predicted octanol–water partition coefficient (Wildman–Crippen LogP) is 1.55. The number of carbonyl (C=O) groups excluding carboxylic acids is 1. The Hall–Kier alpha value is -2.76. The molecule has 6 heteroatoms. The molecular weight excluding hydrogens is 244 g/mol. The summed E-state index contributed by atoms with van der Waals surface area (Å²) in [5, 5.41) is 11.1. The molecule has 0 aliphatic heterocycles. The van der Waals surface area contributed by atoms with Gasteiger partial charge in [0.25, 0.3) is 5.78 Å². The zero-order valence-electron chi connectivity index (χ0n) is 9.93. The van der Waals surface area contributed by atoms with E-state index in [-0.39, 0.29) is 17.4 Å². The van der Waals surface area contributed by atoms with E-state index in [1.807, 2.05) is 30.3 Å². The van der Waals surface area contributed by atoms with E-state index in [0.29, 0.717) is 6.54 Å². The maximum Gasteiger partial charge on any atom is 0.266 e. The number of hydrogen-bond acceptors (Lipinski definition) is 5. The Labute approximate surface area is 108 Å². The molecule has 94 valence electrons. The van der Waals surface area contributed by atoms with Crippen molar-refractivity contribution in [3.05, 3.63) is 65.9 Å². The molecule has 0 aliphatic rings. The first-order valence-electron chi connectivity index (χ1n) is 5.73. The molecule has 0 unspecified atom stereocenters. The lowest BCUT2D eigenvalue weighted by atomic mass is 10.2. The van der Waals surface area contributed by atoms with E-state index in [2.05, 4.69) is 15.5 Å². The number of rotatable bonds is 4. The van der Waals surface area contributed by atoms with Crippen molar-refractivity contribution in [1.29, 1.82) is 0 Å². The number of carbonyl (C=O) groups is 1. The Morgan fingerprint density at radius 3 is 2.74 bits per heavy atom. The highest BCUT2D eigenvalue weighted by Crippen LogP contribution is 2.09. The van der Waals surface area contributed by atoms with Gasteiger partial charge < -0.3 is 4.42 Å². The van der Waals surface area contributed by atoms with E-state index in [1.54, 1.807) is 12.1 Å². The zero-order valence-corrected chi connectivity index (χ0v) is 9.93. The average Bonchev–Trinajstić information content (AvgIpc) is 3.10. The van der Waals surface area contributed by atoms with Gasteiger partial charge in [-0.3, -0.25) is 4.79 Å². The smallest absolute Gasteiger partial charge is 0.266 e. The number of furan rings is 1. The normalized spacial score (nSPS) is 10.5. The van der Waals surface area contributed by atoms with E-state index in [4.69, 9.17) is 4.42 Å². The van der Waals surface area contributed by atoms with E-state index >= 15 is 0 Å². The number of aromatic nitrogens is 4. The van der Waals surface area contributed by atoms with Crippen LogP contribution in [0.25, 0.3) is 0 Å². The third-order valence-corrected chi connectivity index (χ3v) is 2.66. The lowest BCUT2D eigenvalue weighted by molar-refractivity contribution is 0.0994. The fraction of sp³-hybridized carbons (Fsp3) is 0.0769. The van der Waals surface area contributed by atoms with Gasteiger partial charge >= 0.3 is 0 Å². The van der Waals surface area contributed by atoms with Crippen LogP contribution in [-0.4, -0.2) is 26.0 Å². The molecule has 0 N–H and O–H groups in total. The lowest BCUT2D eigenvalue weighted by Crippen LogP contribution is -2.13. The SMILES string of the molecule is O=C(c1ccco1)c1nnnn1Cc1ccccc1. The fourth-order valence-electron chi connectivity index (χ4n) is 1.75. The number of ketones is 1. The average molecular weight is 254 g/mol. The lowest BCUT2D eigenvalue weighted by Gasteiger charge is -2.02. The topological polar surface area (TPSA) is 73.8 Å². The summed E-state index contributed by atoms with van der Waals surface area (Å²) in [6.07, 6.45) is 1.44. The van der Waals surface area contributed by atoms with Crippen LogP contribution < -0.4 is 0 Å². The number of tetrazole rings is 1. The largest absolute Gasteiger partial charge is 0.461 e. The molecule has 0 saturated heterocycles. The minimum Gasteiger partial charge on any atom is -0.461 e. The Morgan fingerprint density at radius 1 is 1.16 bits per heavy atom. The Bertz CT molecular complexity index is 674. The second kappa shape index (κ2) is 4.85. The highest BCUT2D eigenvalue weighted by Gasteiger charge is 2.19. The van der Waals surface area contributed by atoms with Crippen LogP contribution in [0, 0.1) is 0 Å². The highest BCUT2D eigenvalue weighted by molar-refractivity contribution is 6.04. The molecule has 6 nitrogen and oxygen atoms in total. The molecule has 0 fully saturated rings. The van der Waals surface area contributed by atoms with Gasteiger partial charge in [0.2, 0.25) is 5.82 Å². The standard InChI is InChI=1S/C13H10N4O2/c18-12(11-7-4-8-19-11)13-14-15-16-17(13)9-10-5-2-1-3-6-10/h1-8H,9H2. The number of benzene rings is 1. The number of nitrogens with zero attached hydrogens (tertiary/aromatic N) is 4. The first-order valence-corrected chi connectivity index (χ1v) is 5.73. The second-order valence-corrected chi connectivity index (χ2v) is 3.95. The minimum absolute atomic E-state index is 0.166. The molecule has 2 heterocycles. The van der Waals surface area contributed by atoms with Gasteiger partial charge in [0, 0.05) is 0 Å². The molecule has 3 aromatic rings. The highest BCUT2D eigenvalue weighted by atomic mass is 16.3. The molecule has 0 aliphatic carbocycles. The van der Waals surface area contributed by atoms with Gasteiger partial charge in [-0.25, -0.2) is 4.68 Å². The van der Waals surface area contributed by atoms with Crippen LogP contribution in [0.4, 0.5) is 0 Å². The van der Waals surface area contributed by atoms with E-state index < -0.39 is 0 Å². The molecule has 0 saturated carbocycles. The van der Waals surface area contributed by atoms with Gasteiger partial charge in [-0.15, -0.1) is 5.10 Å². The molecule has 0 radical (unpaired) electrons.